The summed E-state index contributed by atoms with van der Waals surface area (Å²) in [6, 6.07) is 4.70. The number of hydrogen-bond donors (Lipinski definition) is 1. The number of nitrogens with one attached hydrogen (secondary N) is 1. The summed E-state index contributed by atoms with van der Waals surface area (Å²) in [5, 5.41) is 3.45. The van der Waals surface area contributed by atoms with E-state index in [0.29, 0.717) is 25.2 Å². The van der Waals surface area contributed by atoms with Crippen LogP contribution in [-0.4, -0.2) is 45.0 Å². The molecule has 4 heteroatoms. The van der Waals surface area contributed by atoms with Crippen molar-refractivity contribution in [3.05, 3.63) is 29.6 Å². The number of rotatable bonds is 8. The first-order valence-electron chi connectivity index (χ1n) is 7.54. The van der Waals surface area contributed by atoms with Gasteiger partial charge in [0.15, 0.2) is 0 Å². The number of ether oxygens (including phenoxy) is 2. The first-order valence-corrected chi connectivity index (χ1v) is 7.54. The molecule has 0 aliphatic heterocycles. The van der Waals surface area contributed by atoms with E-state index in [2.05, 4.69) is 16.4 Å². The summed E-state index contributed by atoms with van der Waals surface area (Å²) in [6.45, 7) is 2.11. The Hall–Kier alpha value is -0.970. The summed E-state index contributed by atoms with van der Waals surface area (Å²) in [7, 11) is 3.74. The lowest BCUT2D eigenvalue weighted by Crippen LogP contribution is -2.35. The molecule has 0 amide bonds. The second-order valence-corrected chi connectivity index (χ2v) is 5.34. The normalized spacial score (nSPS) is 19.6. The Bertz CT molecular complexity index is 398. The molecule has 2 unspecified atom stereocenters. The van der Waals surface area contributed by atoms with Gasteiger partial charge in [0, 0.05) is 37.6 Å². The molecule has 0 radical (unpaired) electrons. The van der Waals surface area contributed by atoms with Crippen molar-refractivity contribution in [1.29, 1.82) is 0 Å². The minimum absolute atomic E-state index is 0.437. The third kappa shape index (κ3) is 4.01. The van der Waals surface area contributed by atoms with Crippen LogP contribution in [0.25, 0.3) is 0 Å². The standard InChI is InChI=1S/C16H26N2O2/c1-17-15(8-10-20-12-11-19-2)14-7-3-5-13-6-4-9-18-16(13)14/h4,6,9,14-15,17H,3,5,7-8,10-12H2,1-2H3. The fourth-order valence-corrected chi connectivity index (χ4v) is 3.04. The zero-order chi connectivity index (χ0) is 14.2. The molecule has 4 nitrogen and oxygen atoms in total. The zero-order valence-electron chi connectivity index (χ0n) is 12.6. The summed E-state index contributed by atoms with van der Waals surface area (Å²) in [6.07, 6.45) is 6.57. The summed E-state index contributed by atoms with van der Waals surface area (Å²) < 4.78 is 10.6. The quantitative estimate of drug-likeness (QED) is 0.740. The van der Waals surface area contributed by atoms with Crippen LogP contribution in [0.2, 0.25) is 0 Å². The molecular formula is C16H26N2O2. The molecule has 112 valence electrons. The number of hydrogen-bond acceptors (Lipinski definition) is 4. The van der Waals surface area contributed by atoms with Gasteiger partial charge < -0.3 is 14.8 Å². The molecule has 0 fully saturated rings. The molecule has 2 rings (SSSR count). The van der Waals surface area contributed by atoms with Crippen molar-refractivity contribution in [2.75, 3.05) is 34.0 Å². The molecule has 1 heterocycles. The maximum atomic E-state index is 5.60. The number of pyridine rings is 1. The van der Waals surface area contributed by atoms with Gasteiger partial charge in [-0.2, -0.15) is 0 Å². The van der Waals surface area contributed by atoms with Crippen molar-refractivity contribution >= 4 is 0 Å². The van der Waals surface area contributed by atoms with Gasteiger partial charge in [-0.3, -0.25) is 4.98 Å². The van der Waals surface area contributed by atoms with Gasteiger partial charge in [-0.25, -0.2) is 0 Å². The maximum Gasteiger partial charge on any atom is 0.0700 e. The minimum Gasteiger partial charge on any atom is -0.382 e. The van der Waals surface area contributed by atoms with Crippen molar-refractivity contribution < 1.29 is 9.47 Å². The first-order chi connectivity index (χ1) is 9.86. The lowest BCUT2D eigenvalue weighted by molar-refractivity contribution is 0.0645. The number of likely N-dealkylation sites (N-methyl/N-ethyl adjacent to an activating group) is 1. The third-order valence-electron chi connectivity index (χ3n) is 4.10. The van der Waals surface area contributed by atoms with Crippen LogP contribution in [0.15, 0.2) is 18.3 Å². The molecular weight excluding hydrogens is 252 g/mol. The van der Waals surface area contributed by atoms with E-state index in [1.54, 1.807) is 7.11 Å². The van der Waals surface area contributed by atoms with Gasteiger partial charge in [0.2, 0.25) is 0 Å². The van der Waals surface area contributed by atoms with Gasteiger partial charge in [0.25, 0.3) is 0 Å². The van der Waals surface area contributed by atoms with Crippen LogP contribution in [0.3, 0.4) is 0 Å². The molecule has 1 aliphatic rings. The van der Waals surface area contributed by atoms with Crippen LogP contribution in [-0.2, 0) is 15.9 Å². The van der Waals surface area contributed by atoms with E-state index in [1.807, 2.05) is 19.3 Å². The molecule has 0 saturated carbocycles. The maximum absolute atomic E-state index is 5.60. The third-order valence-corrected chi connectivity index (χ3v) is 4.10. The van der Waals surface area contributed by atoms with Crippen LogP contribution in [0.1, 0.15) is 36.4 Å². The largest absolute Gasteiger partial charge is 0.382 e. The first kappa shape index (κ1) is 15.4. The number of aromatic nitrogens is 1. The highest BCUT2D eigenvalue weighted by Gasteiger charge is 2.27. The highest BCUT2D eigenvalue weighted by molar-refractivity contribution is 5.27. The van der Waals surface area contributed by atoms with E-state index in [1.165, 1.54) is 30.5 Å². The molecule has 1 N–H and O–H groups in total. The topological polar surface area (TPSA) is 43.4 Å². The predicted molar refractivity (Wildman–Crippen MR) is 80.1 cm³/mol. The Morgan fingerprint density at radius 1 is 1.40 bits per heavy atom. The van der Waals surface area contributed by atoms with Crippen molar-refractivity contribution in [1.82, 2.24) is 10.3 Å². The Morgan fingerprint density at radius 3 is 3.10 bits per heavy atom. The van der Waals surface area contributed by atoms with Crippen LogP contribution in [0, 0.1) is 0 Å². The van der Waals surface area contributed by atoms with E-state index < -0.39 is 0 Å². The molecule has 0 aromatic carbocycles. The number of methoxy groups -OCH3 is 1. The fraction of sp³-hybridized carbons (Fsp3) is 0.688. The molecule has 2 atom stereocenters. The summed E-state index contributed by atoms with van der Waals surface area (Å²) in [5.74, 6) is 0.510. The average molecular weight is 278 g/mol. The Morgan fingerprint density at radius 2 is 2.30 bits per heavy atom. The molecule has 0 saturated heterocycles. The van der Waals surface area contributed by atoms with E-state index in [4.69, 9.17) is 9.47 Å². The van der Waals surface area contributed by atoms with Crippen molar-refractivity contribution in [2.45, 2.75) is 37.6 Å². The number of nitrogens with zero attached hydrogens (tertiary/aromatic N) is 1. The van der Waals surface area contributed by atoms with E-state index in [-0.39, 0.29) is 0 Å². The Balaban J connectivity index is 1.91. The predicted octanol–water partition coefficient (Wildman–Crippen LogP) is 2.14. The SMILES string of the molecule is CNC(CCOCCOC)C1CCCc2cccnc21. The van der Waals surface area contributed by atoms with Gasteiger partial charge in [0.05, 0.1) is 13.2 Å². The van der Waals surface area contributed by atoms with Gasteiger partial charge in [-0.15, -0.1) is 0 Å². The van der Waals surface area contributed by atoms with Crippen LogP contribution in [0.4, 0.5) is 0 Å². The number of fused-ring (bicyclic) bond motifs is 1. The number of aryl methyl sites for hydroxylation is 1. The lowest BCUT2D eigenvalue weighted by atomic mass is 9.81. The van der Waals surface area contributed by atoms with E-state index >= 15 is 0 Å². The molecule has 1 aromatic rings. The Kier molecular flexibility index (Phi) is 6.43. The summed E-state index contributed by atoms with van der Waals surface area (Å²) in [5.41, 5.74) is 2.71. The Labute approximate surface area is 121 Å². The summed E-state index contributed by atoms with van der Waals surface area (Å²) in [4.78, 5) is 4.63. The smallest absolute Gasteiger partial charge is 0.0700 e. The highest BCUT2D eigenvalue weighted by Crippen LogP contribution is 2.33. The molecule has 1 aromatic heterocycles. The second kappa shape index (κ2) is 8.35. The average Bonchev–Trinajstić information content (AvgIpc) is 2.51. The monoisotopic (exact) mass is 278 g/mol. The van der Waals surface area contributed by atoms with Crippen molar-refractivity contribution in [2.24, 2.45) is 0 Å². The van der Waals surface area contributed by atoms with Crippen LogP contribution >= 0.6 is 0 Å². The van der Waals surface area contributed by atoms with Crippen molar-refractivity contribution in [3.63, 3.8) is 0 Å². The van der Waals surface area contributed by atoms with E-state index in [9.17, 15) is 0 Å². The van der Waals surface area contributed by atoms with Gasteiger partial charge >= 0.3 is 0 Å². The van der Waals surface area contributed by atoms with Crippen LogP contribution < -0.4 is 5.32 Å². The van der Waals surface area contributed by atoms with E-state index in [0.717, 1.165) is 13.0 Å². The van der Waals surface area contributed by atoms with Gasteiger partial charge in [0.1, 0.15) is 0 Å². The highest BCUT2D eigenvalue weighted by atomic mass is 16.5. The minimum atomic E-state index is 0.437. The lowest BCUT2D eigenvalue weighted by Gasteiger charge is -2.31. The molecule has 0 bridgehead atoms. The fourth-order valence-electron chi connectivity index (χ4n) is 3.04. The van der Waals surface area contributed by atoms with Crippen LogP contribution in [0.5, 0.6) is 0 Å². The summed E-state index contributed by atoms with van der Waals surface area (Å²) >= 11 is 0. The molecule has 1 aliphatic carbocycles. The molecule has 20 heavy (non-hydrogen) atoms. The molecule has 0 spiro atoms. The van der Waals surface area contributed by atoms with Gasteiger partial charge in [-0.05, 0) is 44.4 Å². The van der Waals surface area contributed by atoms with Gasteiger partial charge in [-0.1, -0.05) is 6.07 Å². The zero-order valence-corrected chi connectivity index (χ0v) is 12.6. The second-order valence-electron chi connectivity index (χ2n) is 5.34. The van der Waals surface area contributed by atoms with Crippen molar-refractivity contribution in [3.8, 4) is 0 Å².